The molecule has 1 amide bonds. The first-order valence-corrected chi connectivity index (χ1v) is 11.2. The zero-order chi connectivity index (χ0) is 24.3. The number of amides is 1. The van der Waals surface area contributed by atoms with Crippen LogP contribution in [0.4, 0.5) is 0 Å². The van der Waals surface area contributed by atoms with Crippen LogP contribution in [-0.2, 0) is 6.54 Å². The van der Waals surface area contributed by atoms with Gasteiger partial charge in [0.05, 0.1) is 17.5 Å². The minimum atomic E-state index is -0.606. The molecule has 0 aliphatic carbocycles. The zero-order valence-corrected chi connectivity index (χ0v) is 20.1. The molecule has 0 aliphatic rings. The van der Waals surface area contributed by atoms with Crippen molar-refractivity contribution in [2.75, 3.05) is 20.2 Å². The molecule has 33 heavy (non-hydrogen) atoms. The van der Waals surface area contributed by atoms with E-state index in [1.54, 1.807) is 13.1 Å². The van der Waals surface area contributed by atoms with E-state index in [1.807, 2.05) is 58.9 Å². The van der Waals surface area contributed by atoms with Gasteiger partial charge in [-0.1, -0.05) is 45.9 Å². The molecule has 176 valence electrons. The lowest BCUT2D eigenvalue weighted by molar-refractivity contribution is 0.0775. The van der Waals surface area contributed by atoms with Crippen LogP contribution in [0.2, 0.25) is 0 Å². The number of ether oxygens (including phenoxy) is 1. The third-order valence-electron chi connectivity index (χ3n) is 5.46. The van der Waals surface area contributed by atoms with Crippen molar-refractivity contribution in [3.8, 4) is 5.75 Å². The van der Waals surface area contributed by atoms with Gasteiger partial charge in [0.1, 0.15) is 12.4 Å². The molecule has 0 bridgehead atoms. The number of benzene rings is 1. The minimum absolute atomic E-state index is 0.0116. The van der Waals surface area contributed by atoms with Crippen molar-refractivity contribution in [1.29, 1.82) is 0 Å². The van der Waals surface area contributed by atoms with Gasteiger partial charge in [-0.3, -0.25) is 19.1 Å². The van der Waals surface area contributed by atoms with Crippen LogP contribution in [0.5, 0.6) is 5.75 Å². The van der Waals surface area contributed by atoms with Crippen molar-refractivity contribution < 1.29 is 9.53 Å². The minimum Gasteiger partial charge on any atom is -0.491 e. The Labute approximate surface area is 193 Å². The maximum absolute atomic E-state index is 13.4. The Morgan fingerprint density at radius 2 is 1.88 bits per heavy atom. The summed E-state index contributed by atoms with van der Waals surface area (Å²) in [5.41, 5.74) is 1.02. The molecular formula is C25H32N4O4. The molecule has 0 saturated heterocycles. The molecule has 3 rings (SSSR count). The zero-order valence-electron chi connectivity index (χ0n) is 20.1. The van der Waals surface area contributed by atoms with Crippen molar-refractivity contribution in [3.05, 3.63) is 68.0 Å². The van der Waals surface area contributed by atoms with Crippen LogP contribution in [0, 0.1) is 12.8 Å². The second-order valence-corrected chi connectivity index (χ2v) is 9.05. The van der Waals surface area contributed by atoms with Crippen LogP contribution in [0.15, 0.2) is 39.9 Å². The molecule has 0 aliphatic heterocycles. The number of hydrogen-bond donors (Lipinski definition) is 1. The summed E-state index contributed by atoms with van der Waals surface area (Å²) in [7, 11) is 1.67. The van der Waals surface area contributed by atoms with Crippen LogP contribution in [0.1, 0.15) is 55.2 Å². The molecule has 8 nitrogen and oxygen atoms in total. The number of rotatable bonds is 8. The van der Waals surface area contributed by atoms with Gasteiger partial charge in [-0.25, -0.2) is 9.78 Å². The van der Waals surface area contributed by atoms with E-state index >= 15 is 0 Å². The topological polar surface area (TPSA) is 97.3 Å². The molecule has 0 saturated carbocycles. The highest BCUT2D eigenvalue weighted by Crippen LogP contribution is 2.21. The van der Waals surface area contributed by atoms with Crippen LogP contribution in [-0.4, -0.2) is 45.5 Å². The smallest absolute Gasteiger partial charge is 0.330 e. The fourth-order valence-electron chi connectivity index (χ4n) is 3.61. The lowest BCUT2D eigenvalue weighted by atomic mass is 10.0. The predicted octanol–water partition coefficient (Wildman–Crippen LogP) is 3.32. The highest BCUT2D eigenvalue weighted by molar-refractivity contribution is 6.05. The molecule has 0 fully saturated rings. The maximum Gasteiger partial charge on any atom is 0.330 e. The number of aromatic amines is 1. The number of H-pyrrole nitrogens is 1. The van der Waals surface area contributed by atoms with Gasteiger partial charge in [0.25, 0.3) is 11.5 Å². The van der Waals surface area contributed by atoms with Gasteiger partial charge in [-0.05, 0) is 36.5 Å². The van der Waals surface area contributed by atoms with Crippen molar-refractivity contribution in [1.82, 2.24) is 19.4 Å². The molecule has 0 atom stereocenters. The van der Waals surface area contributed by atoms with Crippen LogP contribution in [0.3, 0.4) is 0 Å². The summed E-state index contributed by atoms with van der Waals surface area (Å²) in [6.45, 7) is 10.9. The van der Waals surface area contributed by atoms with Gasteiger partial charge in [0.15, 0.2) is 5.65 Å². The van der Waals surface area contributed by atoms with Crippen LogP contribution in [0.25, 0.3) is 11.0 Å². The van der Waals surface area contributed by atoms with Gasteiger partial charge in [0, 0.05) is 19.3 Å². The molecule has 8 heteroatoms. The van der Waals surface area contributed by atoms with E-state index in [0.717, 1.165) is 11.3 Å². The Bertz CT molecular complexity index is 1270. The number of likely N-dealkylation sites (N-methyl/N-ethyl adjacent to an activating group) is 1. The van der Waals surface area contributed by atoms with Gasteiger partial charge in [-0.2, -0.15) is 0 Å². The van der Waals surface area contributed by atoms with Gasteiger partial charge >= 0.3 is 5.69 Å². The van der Waals surface area contributed by atoms with E-state index in [2.05, 4.69) is 9.97 Å². The van der Waals surface area contributed by atoms with Crippen LogP contribution >= 0.6 is 0 Å². The third kappa shape index (κ3) is 5.32. The number of pyridine rings is 1. The molecular weight excluding hydrogens is 420 g/mol. The quantitative estimate of drug-likeness (QED) is 0.565. The van der Waals surface area contributed by atoms with Crippen molar-refractivity contribution in [2.45, 2.75) is 47.1 Å². The van der Waals surface area contributed by atoms with E-state index in [0.29, 0.717) is 25.4 Å². The highest BCUT2D eigenvalue weighted by atomic mass is 16.5. The van der Waals surface area contributed by atoms with Gasteiger partial charge < -0.3 is 9.64 Å². The maximum atomic E-state index is 13.4. The predicted molar refractivity (Wildman–Crippen MR) is 129 cm³/mol. The number of carbonyl (C=O) groups excluding carboxylic acids is 1. The van der Waals surface area contributed by atoms with E-state index in [1.165, 1.54) is 9.47 Å². The average Bonchev–Trinajstić information content (AvgIpc) is 2.76. The van der Waals surface area contributed by atoms with E-state index in [4.69, 9.17) is 4.74 Å². The molecule has 1 N–H and O–H groups in total. The number of nitrogens with zero attached hydrogens (tertiary/aromatic N) is 3. The number of hydrogen-bond acceptors (Lipinski definition) is 5. The summed E-state index contributed by atoms with van der Waals surface area (Å²) in [6.07, 6.45) is 0. The lowest BCUT2D eigenvalue weighted by Gasteiger charge is -2.20. The van der Waals surface area contributed by atoms with Gasteiger partial charge in [0.2, 0.25) is 0 Å². The first-order valence-electron chi connectivity index (χ1n) is 11.2. The fraction of sp³-hybridized carbons (Fsp3) is 0.440. The Hall–Kier alpha value is -3.42. The summed E-state index contributed by atoms with van der Waals surface area (Å²) < 4.78 is 7.28. The normalized spacial score (nSPS) is 11.4. The second kappa shape index (κ2) is 10.0. The summed E-state index contributed by atoms with van der Waals surface area (Å²) >= 11 is 0. The fourth-order valence-corrected chi connectivity index (χ4v) is 3.61. The SMILES string of the molecule is Cc1ccccc1OCCN(C)C(=O)c1cc(C(C)C)nc2c1c(=O)[nH]c(=O)n2CC(C)C. The first-order chi connectivity index (χ1) is 15.6. The molecule has 1 aromatic carbocycles. The molecule has 0 unspecified atom stereocenters. The monoisotopic (exact) mass is 452 g/mol. The number of nitrogens with one attached hydrogen (secondary N) is 1. The van der Waals surface area contributed by atoms with Crippen molar-refractivity contribution in [2.24, 2.45) is 5.92 Å². The summed E-state index contributed by atoms with van der Waals surface area (Å²) in [5.74, 6) is 0.612. The molecule has 0 radical (unpaired) electrons. The number of aryl methyl sites for hydroxylation is 1. The molecule has 3 aromatic rings. The molecule has 0 spiro atoms. The largest absolute Gasteiger partial charge is 0.491 e. The van der Waals surface area contributed by atoms with E-state index < -0.39 is 11.2 Å². The van der Waals surface area contributed by atoms with E-state index in [9.17, 15) is 14.4 Å². The standard InChI is InChI=1S/C25H32N4O4/c1-15(2)14-29-22-21(23(30)27-25(29)32)18(13-19(26-22)16(3)4)24(31)28(6)11-12-33-20-10-8-7-9-17(20)5/h7-10,13,15-16H,11-12,14H2,1-6H3,(H,27,30,32). The van der Waals surface area contributed by atoms with E-state index in [-0.39, 0.29) is 34.3 Å². The van der Waals surface area contributed by atoms with Gasteiger partial charge in [-0.15, -0.1) is 0 Å². The van der Waals surface area contributed by atoms with Crippen molar-refractivity contribution in [3.63, 3.8) is 0 Å². The van der Waals surface area contributed by atoms with Crippen LogP contribution < -0.4 is 16.0 Å². The number of para-hydroxylation sites is 1. The Kier molecular flexibility index (Phi) is 7.36. The molecule has 2 heterocycles. The Morgan fingerprint density at radius 3 is 2.52 bits per heavy atom. The highest BCUT2D eigenvalue weighted by Gasteiger charge is 2.23. The molecule has 2 aromatic heterocycles. The first kappa shape index (κ1) is 24.2. The van der Waals surface area contributed by atoms with Crippen molar-refractivity contribution >= 4 is 16.9 Å². The summed E-state index contributed by atoms with van der Waals surface area (Å²) in [5, 5.41) is 0.135. The number of fused-ring (bicyclic) bond motifs is 1. The summed E-state index contributed by atoms with van der Waals surface area (Å²) in [6, 6.07) is 9.35. The Morgan fingerprint density at radius 1 is 1.18 bits per heavy atom. The Balaban J connectivity index is 2.00. The number of carbonyl (C=O) groups is 1. The number of aromatic nitrogens is 3. The third-order valence-corrected chi connectivity index (χ3v) is 5.46. The lowest BCUT2D eigenvalue weighted by Crippen LogP contribution is -2.35. The second-order valence-electron chi connectivity index (χ2n) is 9.05. The average molecular weight is 453 g/mol. The summed E-state index contributed by atoms with van der Waals surface area (Å²) in [4.78, 5) is 47.2.